The zero-order valence-corrected chi connectivity index (χ0v) is 26.4. The van der Waals surface area contributed by atoms with Crippen LogP contribution in [-0.4, -0.2) is 128 Å². The molecule has 254 valence electrons. The van der Waals surface area contributed by atoms with Gasteiger partial charge in [-0.05, 0) is 68.6 Å². The molecule has 0 aromatic heterocycles. The molecular formula is C32H54O12. The Morgan fingerprint density at radius 1 is 0.909 bits per heavy atom. The minimum absolute atomic E-state index is 0.132. The first-order chi connectivity index (χ1) is 20.6. The Bertz CT molecular complexity index is 1010. The van der Waals surface area contributed by atoms with Gasteiger partial charge in [-0.1, -0.05) is 44.1 Å². The van der Waals surface area contributed by atoms with Crippen LogP contribution >= 0.6 is 0 Å². The highest BCUT2D eigenvalue weighted by atomic mass is 16.7. The molecule has 1 unspecified atom stereocenters. The van der Waals surface area contributed by atoms with Gasteiger partial charge in [0.1, 0.15) is 42.7 Å². The van der Waals surface area contributed by atoms with Crippen molar-refractivity contribution in [3.8, 4) is 0 Å². The SMILES string of the molecule is C=C1CC(O)[C@H]2[C@](C)(CO[C@@H]3O[C@H](CO)[C@H](O)[C@H](O)[C@H]3O)CCC[C@]2(C)[C@H]1CC/C(C)=C/CO[C@@H]1O[C@@H](C)[C@H](O)[C@@H](O)[C@H]1O. The number of fused-ring (bicyclic) bond motifs is 1. The Labute approximate surface area is 259 Å². The number of rotatable bonds is 10. The third-order valence-electron chi connectivity index (χ3n) is 10.8. The first-order valence-corrected chi connectivity index (χ1v) is 15.9. The van der Waals surface area contributed by atoms with Gasteiger partial charge in [0, 0.05) is 0 Å². The summed E-state index contributed by atoms with van der Waals surface area (Å²) in [7, 11) is 0. The summed E-state index contributed by atoms with van der Waals surface area (Å²) < 4.78 is 22.8. The highest BCUT2D eigenvalue weighted by Crippen LogP contribution is 2.62. The van der Waals surface area contributed by atoms with Crippen LogP contribution in [0.25, 0.3) is 0 Å². The number of hydrogen-bond acceptors (Lipinski definition) is 12. The van der Waals surface area contributed by atoms with Crippen molar-refractivity contribution in [2.45, 2.75) is 134 Å². The smallest absolute Gasteiger partial charge is 0.186 e. The molecule has 2 saturated carbocycles. The molecule has 0 bridgehead atoms. The van der Waals surface area contributed by atoms with E-state index in [1.165, 1.54) is 0 Å². The second-order valence-corrected chi connectivity index (χ2v) is 14.1. The van der Waals surface area contributed by atoms with E-state index in [9.17, 15) is 40.9 Å². The van der Waals surface area contributed by atoms with Crippen LogP contribution < -0.4 is 0 Å². The van der Waals surface area contributed by atoms with Gasteiger partial charge in [0.05, 0.1) is 32.0 Å². The summed E-state index contributed by atoms with van der Waals surface area (Å²) in [5, 5.41) is 81.9. The van der Waals surface area contributed by atoms with E-state index in [1.54, 1.807) is 6.92 Å². The largest absolute Gasteiger partial charge is 0.394 e. The van der Waals surface area contributed by atoms with Crippen molar-refractivity contribution in [2.24, 2.45) is 22.7 Å². The Kier molecular flexibility index (Phi) is 11.7. The van der Waals surface area contributed by atoms with E-state index in [4.69, 9.17) is 18.9 Å². The Balaban J connectivity index is 1.39. The van der Waals surface area contributed by atoms with Gasteiger partial charge in [-0.3, -0.25) is 0 Å². The summed E-state index contributed by atoms with van der Waals surface area (Å²) in [5.74, 6) is -0.00139. The minimum Gasteiger partial charge on any atom is -0.394 e. The highest BCUT2D eigenvalue weighted by Gasteiger charge is 2.58. The molecule has 15 atom stereocenters. The molecule has 0 spiro atoms. The van der Waals surface area contributed by atoms with Crippen molar-refractivity contribution >= 4 is 0 Å². The van der Waals surface area contributed by atoms with E-state index in [0.717, 1.165) is 43.3 Å². The second-order valence-electron chi connectivity index (χ2n) is 14.1. The van der Waals surface area contributed by atoms with Crippen LogP contribution in [0.1, 0.15) is 66.2 Å². The average molecular weight is 631 g/mol. The second kappa shape index (κ2) is 14.4. The molecule has 12 nitrogen and oxygen atoms in total. The zero-order chi connectivity index (χ0) is 32.6. The maximum absolute atomic E-state index is 11.4. The third kappa shape index (κ3) is 7.12. The molecule has 8 N–H and O–H groups in total. The van der Waals surface area contributed by atoms with Crippen LogP contribution in [0.5, 0.6) is 0 Å². The van der Waals surface area contributed by atoms with E-state index in [2.05, 4.69) is 20.4 Å². The summed E-state index contributed by atoms with van der Waals surface area (Å²) in [4.78, 5) is 0. The normalized spacial score (nSPS) is 48.7. The van der Waals surface area contributed by atoms with Crippen molar-refractivity contribution in [1.82, 2.24) is 0 Å². The quantitative estimate of drug-likeness (QED) is 0.152. The molecule has 2 saturated heterocycles. The lowest BCUT2D eigenvalue weighted by Gasteiger charge is -2.60. The first-order valence-electron chi connectivity index (χ1n) is 15.9. The number of aliphatic hydroxyl groups excluding tert-OH is 8. The van der Waals surface area contributed by atoms with Crippen molar-refractivity contribution < 1.29 is 59.8 Å². The zero-order valence-electron chi connectivity index (χ0n) is 26.4. The van der Waals surface area contributed by atoms with Gasteiger partial charge in [-0.2, -0.15) is 0 Å². The predicted molar refractivity (Wildman–Crippen MR) is 158 cm³/mol. The van der Waals surface area contributed by atoms with Crippen LogP contribution in [0.4, 0.5) is 0 Å². The molecule has 0 radical (unpaired) electrons. The summed E-state index contributed by atoms with van der Waals surface area (Å²) in [6.07, 6.45) is -6.42. The maximum atomic E-state index is 11.4. The Hall–Kier alpha value is -1.00. The fraction of sp³-hybridized carbons (Fsp3) is 0.875. The lowest BCUT2D eigenvalue weighted by molar-refractivity contribution is -0.310. The fourth-order valence-electron chi connectivity index (χ4n) is 8.35. The summed E-state index contributed by atoms with van der Waals surface area (Å²) in [6.45, 7) is 12.1. The monoisotopic (exact) mass is 630 g/mol. The molecular weight excluding hydrogens is 576 g/mol. The molecule has 4 rings (SSSR count). The molecule has 12 heteroatoms. The number of aliphatic hydroxyl groups is 8. The average Bonchev–Trinajstić information content (AvgIpc) is 2.96. The molecule has 2 aliphatic carbocycles. The van der Waals surface area contributed by atoms with Crippen LogP contribution in [0.15, 0.2) is 23.8 Å². The Morgan fingerprint density at radius 3 is 2.20 bits per heavy atom. The summed E-state index contributed by atoms with van der Waals surface area (Å²) >= 11 is 0. The van der Waals surface area contributed by atoms with Crippen molar-refractivity contribution in [3.63, 3.8) is 0 Å². The molecule has 2 heterocycles. The standard InChI is InChI=1S/C32H54O12/c1-16(9-12-41-29-26(39)24(37)22(35)18(3)43-29)7-8-19-17(2)13-20(34)28-31(4,10-6-11-32(19,28)5)15-42-30-27(40)25(38)23(36)21(14-33)44-30/h9,18-30,33-40H,2,6-8,10-15H2,1,3-5H3/b16-9+/t18-,19-,20?,21+,22-,23-,24+,25-,26+,27+,28-,29+,30+,31-,32+/m0/s1. The van der Waals surface area contributed by atoms with E-state index in [0.29, 0.717) is 6.42 Å². The summed E-state index contributed by atoms with van der Waals surface area (Å²) in [5.41, 5.74) is 1.34. The molecule has 0 aromatic carbocycles. The predicted octanol–water partition coefficient (Wildman–Crippen LogP) is 0.123. The van der Waals surface area contributed by atoms with E-state index in [1.807, 2.05) is 13.0 Å². The van der Waals surface area contributed by atoms with Gasteiger partial charge in [-0.25, -0.2) is 0 Å². The molecule has 0 amide bonds. The van der Waals surface area contributed by atoms with Crippen molar-refractivity contribution in [1.29, 1.82) is 0 Å². The van der Waals surface area contributed by atoms with Gasteiger partial charge in [0.25, 0.3) is 0 Å². The topological polar surface area (TPSA) is 199 Å². The van der Waals surface area contributed by atoms with Gasteiger partial charge < -0.3 is 59.8 Å². The number of hydrogen-bond donors (Lipinski definition) is 8. The molecule has 2 aliphatic heterocycles. The lowest BCUT2D eigenvalue weighted by Crippen LogP contribution is -2.61. The maximum Gasteiger partial charge on any atom is 0.186 e. The fourth-order valence-corrected chi connectivity index (χ4v) is 8.35. The lowest BCUT2D eigenvalue weighted by atomic mass is 9.46. The van der Waals surface area contributed by atoms with E-state index in [-0.39, 0.29) is 30.5 Å². The molecule has 44 heavy (non-hydrogen) atoms. The first kappa shape index (κ1) is 35.8. The third-order valence-corrected chi connectivity index (χ3v) is 10.8. The van der Waals surface area contributed by atoms with Crippen LogP contribution in [0.3, 0.4) is 0 Å². The number of allylic oxidation sites excluding steroid dienone is 1. The van der Waals surface area contributed by atoms with Gasteiger partial charge >= 0.3 is 0 Å². The molecule has 4 fully saturated rings. The summed E-state index contributed by atoms with van der Waals surface area (Å²) in [6, 6.07) is 0. The van der Waals surface area contributed by atoms with Crippen LogP contribution in [0.2, 0.25) is 0 Å². The van der Waals surface area contributed by atoms with Crippen LogP contribution in [0, 0.1) is 22.7 Å². The molecule has 4 aliphatic rings. The van der Waals surface area contributed by atoms with E-state index < -0.39 is 79.5 Å². The van der Waals surface area contributed by atoms with Crippen LogP contribution in [-0.2, 0) is 18.9 Å². The Morgan fingerprint density at radius 2 is 1.55 bits per heavy atom. The minimum atomic E-state index is -1.52. The van der Waals surface area contributed by atoms with Crippen molar-refractivity contribution in [2.75, 3.05) is 19.8 Å². The van der Waals surface area contributed by atoms with Crippen molar-refractivity contribution in [3.05, 3.63) is 23.8 Å². The molecule has 0 aromatic rings. The van der Waals surface area contributed by atoms with Gasteiger partial charge in [0.15, 0.2) is 12.6 Å². The van der Waals surface area contributed by atoms with Gasteiger partial charge in [0.2, 0.25) is 0 Å². The van der Waals surface area contributed by atoms with Gasteiger partial charge in [-0.15, -0.1) is 0 Å². The van der Waals surface area contributed by atoms with E-state index >= 15 is 0 Å². The highest BCUT2D eigenvalue weighted by molar-refractivity contribution is 5.19. The number of ether oxygens (including phenoxy) is 4.